The molecule has 1 heterocycles. The first-order valence-electron chi connectivity index (χ1n) is 6.56. The van der Waals surface area contributed by atoms with E-state index in [1.54, 1.807) is 0 Å². The monoisotopic (exact) mass is 250 g/mol. The Hall–Kier alpha value is -0.570. The third kappa shape index (κ3) is 2.49. The van der Waals surface area contributed by atoms with Gasteiger partial charge in [-0.1, -0.05) is 17.7 Å². The minimum Gasteiger partial charge on any atom is -0.314 e. The highest BCUT2D eigenvalue weighted by Crippen LogP contribution is 2.30. The first-order chi connectivity index (χ1) is 8.33. The predicted molar refractivity (Wildman–Crippen MR) is 71.6 cm³/mol. The summed E-state index contributed by atoms with van der Waals surface area (Å²) >= 11 is 6.36. The fraction of sp³-hybridized carbons (Fsp3) is 0.571. The Labute approximate surface area is 108 Å². The lowest BCUT2D eigenvalue weighted by atomic mass is 10.1. The van der Waals surface area contributed by atoms with Gasteiger partial charge in [0, 0.05) is 37.7 Å². The largest absolute Gasteiger partial charge is 0.314 e. The van der Waals surface area contributed by atoms with Crippen LogP contribution in [0.15, 0.2) is 12.1 Å². The van der Waals surface area contributed by atoms with E-state index in [9.17, 15) is 0 Å². The van der Waals surface area contributed by atoms with E-state index >= 15 is 0 Å². The summed E-state index contributed by atoms with van der Waals surface area (Å²) in [4.78, 5) is 2.50. The Kier molecular flexibility index (Phi) is 3.37. The Balaban J connectivity index is 1.76. The highest BCUT2D eigenvalue weighted by atomic mass is 35.5. The Morgan fingerprint density at radius 3 is 2.82 bits per heavy atom. The summed E-state index contributed by atoms with van der Waals surface area (Å²) < 4.78 is 0. The fourth-order valence-electron chi connectivity index (χ4n) is 2.93. The van der Waals surface area contributed by atoms with E-state index < -0.39 is 0 Å². The van der Waals surface area contributed by atoms with E-state index in [2.05, 4.69) is 22.3 Å². The summed E-state index contributed by atoms with van der Waals surface area (Å²) in [6.07, 6.45) is 3.65. The number of benzene rings is 1. The minimum absolute atomic E-state index is 0.991. The summed E-state index contributed by atoms with van der Waals surface area (Å²) in [5, 5.41) is 4.38. The van der Waals surface area contributed by atoms with Crippen molar-refractivity contribution in [2.45, 2.75) is 25.8 Å². The molecule has 1 aromatic carbocycles. The van der Waals surface area contributed by atoms with Crippen LogP contribution in [-0.2, 0) is 19.4 Å². The topological polar surface area (TPSA) is 15.3 Å². The van der Waals surface area contributed by atoms with E-state index in [4.69, 9.17) is 11.6 Å². The summed E-state index contributed by atoms with van der Waals surface area (Å²) in [5.74, 6) is 0. The number of hydrogen-bond acceptors (Lipinski definition) is 2. The molecule has 1 N–H and O–H groups in total. The standard InChI is InChI=1S/C14H19ClN2/c15-14-9-11(8-12-2-1-3-13(12)14)10-17-6-4-16-5-7-17/h8-9,16H,1-7,10H2. The van der Waals surface area contributed by atoms with E-state index in [0.29, 0.717) is 0 Å². The smallest absolute Gasteiger partial charge is 0.0443 e. The van der Waals surface area contributed by atoms with Crippen LogP contribution in [0.2, 0.25) is 5.02 Å². The zero-order valence-electron chi connectivity index (χ0n) is 10.1. The van der Waals surface area contributed by atoms with Crippen LogP contribution in [0.1, 0.15) is 23.1 Å². The molecule has 3 rings (SSSR count). The number of halogens is 1. The molecule has 0 saturated carbocycles. The molecular weight excluding hydrogens is 232 g/mol. The SMILES string of the molecule is Clc1cc(CN2CCNCC2)cc2c1CCC2. The van der Waals surface area contributed by atoms with Crippen LogP contribution in [0.25, 0.3) is 0 Å². The third-order valence-electron chi connectivity index (χ3n) is 3.84. The molecule has 0 amide bonds. The second-order valence-electron chi connectivity index (χ2n) is 5.10. The molecule has 17 heavy (non-hydrogen) atoms. The molecule has 92 valence electrons. The first kappa shape index (κ1) is 11.5. The highest BCUT2D eigenvalue weighted by molar-refractivity contribution is 6.31. The number of hydrogen-bond donors (Lipinski definition) is 1. The van der Waals surface area contributed by atoms with Gasteiger partial charge in [0.1, 0.15) is 0 Å². The molecule has 0 atom stereocenters. The van der Waals surface area contributed by atoms with Crippen molar-refractivity contribution in [2.75, 3.05) is 26.2 Å². The summed E-state index contributed by atoms with van der Waals surface area (Å²) in [6.45, 7) is 5.56. The van der Waals surface area contributed by atoms with Crippen LogP contribution in [0.3, 0.4) is 0 Å². The van der Waals surface area contributed by atoms with Gasteiger partial charge in [0.15, 0.2) is 0 Å². The number of fused-ring (bicyclic) bond motifs is 1. The number of nitrogens with zero attached hydrogens (tertiary/aromatic N) is 1. The van der Waals surface area contributed by atoms with Gasteiger partial charge >= 0.3 is 0 Å². The molecule has 0 spiro atoms. The molecule has 0 radical (unpaired) electrons. The van der Waals surface area contributed by atoms with E-state index in [0.717, 1.165) is 37.7 Å². The third-order valence-corrected chi connectivity index (χ3v) is 4.17. The van der Waals surface area contributed by atoms with Gasteiger partial charge in [0.25, 0.3) is 0 Å². The van der Waals surface area contributed by atoms with Crippen LogP contribution in [0.4, 0.5) is 0 Å². The van der Waals surface area contributed by atoms with Crippen molar-refractivity contribution in [3.8, 4) is 0 Å². The Morgan fingerprint density at radius 1 is 1.18 bits per heavy atom. The quantitative estimate of drug-likeness (QED) is 0.866. The number of nitrogens with one attached hydrogen (secondary N) is 1. The van der Waals surface area contributed by atoms with Gasteiger partial charge in [0.05, 0.1) is 0 Å². The maximum Gasteiger partial charge on any atom is 0.0443 e. The maximum absolute atomic E-state index is 6.36. The van der Waals surface area contributed by atoms with Crippen LogP contribution < -0.4 is 5.32 Å². The van der Waals surface area contributed by atoms with Crippen LogP contribution in [-0.4, -0.2) is 31.1 Å². The molecule has 3 heteroatoms. The second-order valence-corrected chi connectivity index (χ2v) is 5.50. The van der Waals surface area contributed by atoms with Crippen molar-refractivity contribution in [1.82, 2.24) is 10.2 Å². The molecule has 2 aliphatic rings. The zero-order chi connectivity index (χ0) is 11.7. The second kappa shape index (κ2) is 4.97. The molecule has 1 aromatic rings. The minimum atomic E-state index is 0.991. The lowest BCUT2D eigenvalue weighted by molar-refractivity contribution is 0.233. The molecule has 1 aliphatic carbocycles. The Bertz CT molecular complexity index is 411. The molecule has 2 nitrogen and oxygen atoms in total. The van der Waals surface area contributed by atoms with Gasteiger partial charge in [-0.2, -0.15) is 0 Å². The zero-order valence-corrected chi connectivity index (χ0v) is 10.9. The van der Waals surface area contributed by atoms with E-state index in [1.807, 2.05) is 0 Å². The molecule has 0 bridgehead atoms. The number of piperazine rings is 1. The molecule has 1 fully saturated rings. The van der Waals surface area contributed by atoms with Crippen molar-refractivity contribution >= 4 is 11.6 Å². The molecular formula is C14H19ClN2. The summed E-state index contributed by atoms with van der Waals surface area (Å²) in [5.41, 5.74) is 4.27. The Morgan fingerprint density at radius 2 is 2.00 bits per heavy atom. The summed E-state index contributed by atoms with van der Waals surface area (Å²) in [6, 6.07) is 4.55. The summed E-state index contributed by atoms with van der Waals surface area (Å²) in [7, 11) is 0. The van der Waals surface area contributed by atoms with Gasteiger partial charge in [-0.05, 0) is 42.0 Å². The predicted octanol–water partition coefficient (Wildman–Crippen LogP) is 2.23. The van der Waals surface area contributed by atoms with Crippen molar-refractivity contribution in [3.05, 3.63) is 33.8 Å². The van der Waals surface area contributed by atoms with Crippen molar-refractivity contribution in [3.63, 3.8) is 0 Å². The molecule has 1 aliphatic heterocycles. The van der Waals surface area contributed by atoms with Crippen molar-refractivity contribution < 1.29 is 0 Å². The van der Waals surface area contributed by atoms with Crippen LogP contribution in [0.5, 0.6) is 0 Å². The molecule has 0 unspecified atom stereocenters. The van der Waals surface area contributed by atoms with Gasteiger partial charge in [-0.15, -0.1) is 0 Å². The molecule has 1 saturated heterocycles. The van der Waals surface area contributed by atoms with Gasteiger partial charge in [0.2, 0.25) is 0 Å². The van der Waals surface area contributed by atoms with Gasteiger partial charge < -0.3 is 5.32 Å². The van der Waals surface area contributed by atoms with Crippen molar-refractivity contribution in [1.29, 1.82) is 0 Å². The average Bonchev–Trinajstić information content (AvgIpc) is 2.79. The lowest BCUT2D eigenvalue weighted by Gasteiger charge is -2.27. The normalized spacial score (nSPS) is 20.5. The van der Waals surface area contributed by atoms with Crippen LogP contribution >= 0.6 is 11.6 Å². The van der Waals surface area contributed by atoms with E-state index in [1.165, 1.54) is 36.0 Å². The van der Waals surface area contributed by atoms with Crippen LogP contribution in [0, 0.1) is 0 Å². The molecule has 0 aromatic heterocycles. The first-order valence-corrected chi connectivity index (χ1v) is 6.94. The fourth-order valence-corrected chi connectivity index (χ4v) is 3.29. The van der Waals surface area contributed by atoms with Crippen molar-refractivity contribution in [2.24, 2.45) is 0 Å². The maximum atomic E-state index is 6.36. The van der Waals surface area contributed by atoms with E-state index in [-0.39, 0.29) is 0 Å². The average molecular weight is 251 g/mol. The van der Waals surface area contributed by atoms with Gasteiger partial charge in [-0.25, -0.2) is 0 Å². The number of aryl methyl sites for hydroxylation is 1. The lowest BCUT2D eigenvalue weighted by Crippen LogP contribution is -2.42. The van der Waals surface area contributed by atoms with Gasteiger partial charge in [-0.3, -0.25) is 4.90 Å². The number of rotatable bonds is 2. The highest BCUT2D eigenvalue weighted by Gasteiger charge is 2.16.